The maximum absolute atomic E-state index is 13.0. The van der Waals surface area contributed by atoms with Crippen LogP contribution in [-0.4, -0.2) is 22.0 Å². The van der Waals surface area contributed by atoms with Gasteiger partial charge < -0.3 is 5.32 Å². The molecule has 0 bridgehead atoms. The molecule has 3 unspecified atom stereocenters. The summed E-state index contributed by atoms with van der Waals surface area (Å²) in [5.74, 6) is 0. The molecule has 0 radical (unpaired) electrons. The molecule has 2 nitrogen and oxygen atoms in total. The van der Waals surface area contributed by atoms with Crippen LogP contribution in [0.5, 0.6) is 0 Å². The van der Waals surface area contributed by atoms with Gasteiger partial charge in [-0.2, -0.15) is 0 Å². The van der Waals surface area contributed by atoms with Gasteiger partial charge in [-0.1, -0.05) is 32.9 Å². The van der Waals surface area contributed by atoms with E-state index < -0.39 is 10.8 Å². The number of hydrogen-bond acceptors (Lipinski definition) is 2. The van der Waals surface area contributed by atoms with E-state index in [1.54, 1.807) is 0 Å². The molecule has 112 valence electrons. The van der Waals surface area contributed by atoms with Crippen LogP contribution in [0.15, 0.2) is 33.6 Å². The zero-order valence-corrected chi connectivity index (χ0v) is 14.9. The zero-order valence-electron chi connectivity index (χ0n) is 12.5. The maximum Gasteiger partial charge on any atom is 0.0588 e. The van der Waals surface area contributed by atoms with E-state index in [0.29, 0.717) is 6.04 Å². The second-order valence-corrected chi connectivity index (χ2v) is 8.72. The largest absolute Gasteiger partial charge is 0.312 e. The Morgan fingerprint density at radius 1 is 1.40 bits per heavy atom. The molecule has 0 aromatic heterocycles. The molecule has 0 aliphatic heterocycles. The lowest BCUT2D eigenvalue weighted by Gasteiger charge is -2.31. The van der Waals surface area contributed by atoms with E-state index in [4.69, 9.17) is 0 Å². The SMILES string of the molecule is CCCNC1C(S(=O)c2ccccc2Br)CCC1(C)C. The van der Waals surface area contributed by atoms with Crippen molar-refractivity contribution in [2.24, 2.45) is 5.41 Å². The molecular formula is C16H24BrNOS. The molecule has 1 aliphatic carbocycles. The minimum absolute atomic E-state index is 0.204. The average molecular weight is 358 g/mol. The zero-order chi connectivity index (χ0) is 14.8. The third-order valence-electron chi connectivity index (χ3n) is 4.23. The lowest BCUT2D eigenvalue weighted by Crippen LogP contribution is -2.46. The van der Waals surface area contributed by atoms with E-state index in [1.807, 2.05) is 24.3 Å². The van der Waals surface area contributed by atoms with Gasteiger partial charge in [-0.3, -0.25) is 4.21 Å². The van der Waals surface area contributed by atoms with Crippen molar-refractivity contribution in [3.63, 3.8) is 0 Å². The topological polar surface area (TPSA) is 29.1 Å². The molecular weight excluding hydrogens is 334 g/mol. The summed E-state index contributed by atoms with van der Waals surface area (Å²) in [5, 5.41) is 3.84. The molecule has 2 rings (SSSR count). The summed E-state index contributed by atoms with van der Waals surface area (Å²) in [6.07, 6.45) is 3.28. The van der Waals surface area contributed by atoms with E-state index in [2.05, 4.69) is 42.0 Å². The van der Waals surface area contributed by atoms with Gasteiger partial charge in [0.2, 0.25) is 0 Å². The fourth-order valence-electron chi connectivity index (χ4n) is 3.05. The van der Waals surface area contributed by atoms with Crippen LogP contribution in [-0.2, 0) is 10.8 Å². The second-order valence-electron chi connectivity index (χ2n) is 6.23. The summed E-state index contributed by atoms with van der Waals surface area (Å²) in [4.78, 5) is 0.929. The number of halogens is 1. The Bertz CT molecular complexity index is 489. The van der Waals surface area contributed by atoms with E-state index in [9.17, 15) is 4.21 Å². The number of benzene rings is 1. The third kappa shape index (κ3) is 3.34. The Labute approximate surface area is 133 Å². The molecule has 4 heteroatoms. The Morgan fingerprint density at radius 2 is 2.10 bits per heavy atom. The van der Waals surface area contributed by atoms with Gasteiger partial charge in [0.25, 0.3) is 0 Å². The fraction of sp³-hybridized carbons (Fsp3) is 0.625. The van der Waals surface area contributed by atoms with Crippen molar-refractivity contribution in [3.8, 4) is 0 Å². The molecule has 0 spiro atoms. The Morgan fingerprint density at radius 3 is 2.75 bits per heavy atom. The van der Waals surface area contributed by atoms with Crippen LogP contribution < -0.4 is 5.32 Å². The van der Waals surface area contributed by atoms with Gasteiger partial charge in [0.05, 0.1) is 20.9 Å². The molecule has 1 aromatic carbocycles. The maximum atomic E-state index is 13.0. The lowest BCUT2D eigenvalue weighted by molar-refractivity contribution is 0.286. The quantitative estimate of drug-likeness (QED) is 0.858. The molecule has 1 aliphatic rings. The van der Waals surface area contributed by atoms with Gasteiger partial charge in [0.1, 0.15) is 0 Å². The monoisotopic (exact) mass is 357 g/mol. The van der Waals surface area contributed by atoms with Crippen molar-refractivity contribution in [2.75, 3.05) is 6.54 Å². The third-order valence-corrected chi connectivity index (χ3v) is 7.03. The predicted octanol–water partition coefficient (Wildman–Crippen LogP) is 4.11. The van der Waals surface area contributed by atoms with Crippen LogP contribution in [0.2, 0.25) is 0 Å². The van der Waals surface area contributed by atoms with Crippen LogP contribution in [0.4, 0.5) is 0 Å². The predicted molar refractivity (Wildman–Crippen MR) is 89.4 cm³/mol. The number of hydrogen-bond donors (Lipinski definition) is 1. The van der Waals surface area contributed by atoms with E-state index in [1.165, 1.54) is 0 Å². The first-order valence-electron chi connectivity index (χ1n) is 7.36. The summed E-state index contributed by atoms with van der Waals surface area (Å²) in [7, 11) is -0.960. The molecule has 1 fully saturated rings. The average Bonchev–Trinajstić information content (AvgIpc) is 2.71. The van der Waals surface area contributed by atoms with Crippen LogP contribution in [0, 0.1) is 5.41 Å². The lowest BCUT2D eigenvalue weighted by atomic mass is 9.87. The highest BCUT2D eigenvalue weighted by molar-refractivity contribution is 9.10. The molecule has 0 saturated heterocycles. The molecule has 0 heterocycles. The summed E-state index contributed by atoms with van der Waals surface area (Å²) in [5.41, 5.74) is 0.219. The van der Waals surface area contributed by atoms with Gasteiger partial charge in [-0.05, 0) is 59.3 Å². The van der Waals surface area contributed by atoms with Crippen molar-refractivity contribution in [2.45, 2.75) is 56.2 Å². The van der Waals surface area contributed by atoms with Crippen molar-refractivity contribution in [1.82, 2.24) is 5.32 Å². The van der Waals surface area contributed by atoms with Crippen molar-refractivity contribution in [3.05, 3.63) is 28.7 Å². The van der Waals surface area contributed by atoms with Gasteiger partial charge >= 0.3 is 0 Å². The standard InChI is InChI=1S/C16H24BrNOS/c1-4-11-18-15-14(9-10-16(15,2)3)20(19)13-8-6-5-7-12(13)17/h5-8,14-15,18H,4,9-11H2,1-3H3. The highest BCUT2D eigenvalue weighted by Gasteiger charge is 2.44. The minimum atomic E-state index is -0.960. The summed E-state index contributed by atoms with van der Waals surface area (Å²) < 4.78 is 13.9. The van der Waals surface area contributed by atoms with E-state index in [-0.39, 0.29) is 10.7 Å². The Balaban J connectivity index is 2.22. The molecule has 1 saturated carbocycles. The highest BCUT2D eigenvalue weighted by atomic mass is 79.9. The van der Waals surface area contributed by atoms with E-state index >= 15 is 0 Å². The molecule has 3 atom stereocenters. The van der Waals surface area contributed by atoms with Gasteiger partial charge in [0.15, 0.2) is 0 Å². The van der Waals surface area contributed by atoms with Crippen LogP contribution in [0.3, 0.4) is 0 Å². The summed E-state index contributed by atoms with van der Waals surface area (Å²) in [6.45, 7) is 7.75. The molecule has 1 aromatic rings. The summed E-state index contributed by atoms with van der Waals surface area (Å²) >= 11 is 3.53. The van der Waals surface area contributed by atoms with Crippen LogP contribution in [0.1, 0.15) is 40.0 Å². The van der Waals surface area contributed by atoms with Crippen LogP contribution >= 0.6 is 15.9 Å². The normalized spacial score (nSPS) is 26.6. The van der Waals surface area contributed by atoms with Gasteiger partial charge in [0, 0.05) is 10.5 Å². The van der Waals surface area contributed by atoms with E-state index in [0.717, 1.165) is 35.2 Å². The smallest absolute Gasteiger partial charge is 0.0588 e. The molecule has 0 amide bonds. The fourth-order valence-corrected chi connectivity index (χ4v) is 5.66. The summed E-state index contributed by atoms with van der Waals surface area (Å²) in [6, 6.07) is 8.21. The van der Waals surface area contributed by atoms with Crippen molar-refractivity contribution in [1.29, 1.82) is 0 Å². The minimum Gasteiger partial charge on any atom is -0.312 e. The van der Waals surface area contributed by atoms with Gasteiger partial charge in [-0.25, -0.2) is 0 Å². The van der Waals surface area contributed by atoms with Gasteiger partial charge in [-0.15, -0.1) is 0 Å². The number of nitrogens with one attached hydrogen (secondary N) is 1. The highest BCUT2D eigenvalue weighted by Crippen LogP contribution is 2.41. The molecule has 1 N–H and O–H groups in total. The molecule has 20 heavy (non-hydrogen) atoms. The second kappa shape index (κ2) is 6.71. The first-order chi connectivity index (χ1) is 9.47. The first-order valence-corrected chi connectivity index (χ1v) is 9.36. The first kappa shape index (κ1) is 16.2. The Kier molecular flexibility index (Phi) is 5.43. The Hall–Kier alpha value is -0.190. The van der Waals surface area contributed by atoms with Crippen molar-refractivity contribution >= 4 is 26.7 Å². The van der Waals surface area contributed by atoms with Crippen molar-refractivity contribution < 1.29 is 4.21 Å². The number of rotatable bonds is 5. The van der Waals surface area contributed by atoms with Crippen LogP contribution in [0.25, 0.3) is 0 Å².